The molecule has 1 fully saturated rings. The standard InChI is InChI=1S/C23H28N2O4/c1-23(2,3)29-22(28)25-19(16-18-12-8-5-9-13-18)20(26)24(21(25)27)15-14-17-10-6-4-7-11-17/h4-13,19-20,26H,14-16H2,1-3H3/t19-,20?/m0/s1. The van der Waals surface area contributed by atoms with Crippen LogP contribution >= 0.6 is 0 Å². The second-order valence-corrected chi connectivity index (χ2v) is 8.23. The van der Waals surface area contributed by atoms with Crippen LogP contribution in [0.5, 0.6) is 0 Å². The molecule has 1 aliphatic rings. The number of hydrogen-bond acceptors (Lipinski definition) is 4. The number of nitrogens with zero attached hydrogens (tertiary/aromatic N) is 2. The maximum atomic E-state index is 13.1. The summed E-state index contributed by atoms with van der Waals surface area (Å²) in [6.07, 6.45) is -0.887. The maximum Gasteiger partial charge on any atom is 0.418 e. The van der Waals surface area contributed by atoms with Crippen LogP contribution in [0.4, 0.5) is 9.59 Å². The molecule has 0 spiro atoms. The molecule has 3 rings (SSSR count). The molecule has 0 bridgehead atoms. The molecule has 1 heterocycles. The van der Waals surface area contributed by atoms with Crippen LogP contribution in [0.1, 0.15) is 31.9 Å². The molecule has 1 unspecified atom stereocenters. The molecule has 1 saturated heterocycles. The van der Waals surface area contributed by atoms with E-state index in [1.54, 1.807) is 20.8 Å². The molecule has 0 aliphatic carbocycles. The minimum absolute atomic E-state index is 0.314. The average molecular weight is 396 g/mol. The molecular formula is C23H28N2O4. The summed E-state index contributed by atoms with van der Waals surface area (Å²) in [5.74, 6) is 0. The highest BCUT2D eigenvalue weighted by atomic mass is 16.6. The number of aliphatic hydroxyl groups is 1. The van der Waals surface area contributed by atoms with E-state index in [1.807, 2.05) is 60.7 Å². The number of benzene rings is 2. The smallest absolute Gasteiger partial charge is 0.418 e. The van der Waals surface area contributed by atoms with Crippen LogP contribution < -0.4 is 0 Å². The molecule has 3 amide bonds. The number of amides is 3. The van der Waals surface area contributed by atoms with Crippen molar-refractivity contribution < 1.29 is 19.4 Å². The summed E-state index contributed by atoms with van der Waals surface area (Å²) >= 11 is 0. The van der Waals surface area contributed by atoms with Gasteiger partial charge in [-0.1, -0.05) is 60.7 Å². The van der Waals surface area contributed by atoms with Gasteiger partial charge in [0.05, 0.1) is 6.04 Å². The third-order valence-corrected chi connectivity index (χ3v) is 4.81. The van der Waals surface area contributed by atoms with E-state index in [0.29, 0.717) is 19.4 Å². The Morgan fingerprint density at radius 2 is 1.55 bits per heavy atom. The van der Waals surface area contributed by atoms with Crippen LogP contribution in [0.15, 0.2) is 60.7 Å². The molecule has 6 nitrogen and oxygen atoms in total. The van der Waals surface area contributed by atoms with Gasteiger partial charge in [0.2, 0.25) is 0 Å². The molecule has 1 N–H and O–H groups in total. The van der Waals surface area contributed by atoms with Crippen LogP contribution in [-0.4, -0.2) is 51.4 Å². The van der Waals surface area contributed by atoms with Crippen molar-refractivity contribution in [1.29, 1.82) is 0 Å². The third-order valence-electron chi connectivity index (χ3n) is 4.81. The zero-order valence-corrected chi connectivity index (χ0v) is 17.1. The fourth-order valence-corrected chi connectivity index (χ4v) is 3.43. The third kappa shape index (κ3) is 5.15. The van der Waals surface area contributed by atoms with E-state index in [0.717, 1.165) is 16.0 Å². The van der Waals surface area contributed by atoms with Crippen LogP contribution in [0, 0.1) is 0 Å². The number of imide groups is 1. The predicted molar refractivity (Wildman–Crippen MR) is 110 cm³/mol. The summed E-state index contributed by atoms with van der Waals surface area (Å²) in [4.78, 5) is 28.3. The van der Waals surface area contributed by atoms with Gasteiger partial charge in [-0.15, -0.1) is 0 Å². The van der Waals surface area contributed by atoms with E-state index in [9.17, 15) is 14.7 Å². The highest BCUT2D eigenvalue weighted by Gasteiger charge is 2.49. The fourth-order valence-electron chi connectivity index (χ4n) is 3.43. The van der Waals surface area contributed by atoms with Crippen LogP contribution in [0.3, 0.4) is 0 Å². The summed E-state index contributed by atoms with van der Waals surface area (Å²) in [6.45, 7) is 5.57. The lowest BCUT2D eigenvalue weighted by Crippen LogP contribution is -2.45. The predicted octanol–water partition coefficient (Wildman–Crippen LogP) is 3.83. The first-order valence-electron chi connectivity index (χ1n) is 9.85. The molecule has 2 aromatic carbocycles. The van der Waals surface area contributed by atoms with Gasteiger partial charge in [0.1, 0.15) is 5.60 Å². The second-order valence-electron chi connectivity index (χ2n) is 8.23. The molecule has 2 aromatic rings. The van der Waals surface area contributed by atoms with Gasteiger partial charge in [-0.05, 0) is 44.7 Å². The Hall–Kier alpha value is -2.86. The Kier molecular flexibility index (Phi) is 6.23. The van der Waals surface area contributed by atoms with E-state index in [-0.39, 0.29) is 0 Å². The van der Waals surface area contributed by atoms with Crippen molar-refractivity contribution in [1.82, 2.24) is 9.80 Å². The van der Waals surface area contributed by atoms with Crippen molar-refractivity contribution in [2.45, 2.75) is 51.5 Å². The van der Waals surface area contributed by atoms with Crippen LogP contribution in [0.2, 0.25) is 0 Å². The normalized spacial score (nSPS) is 19.5. The molecule has 1 aliphatic heterocycles. The monoisotopic (exact) mass is 396 g/mol. The quantitative estimate of drug-likeness (QED) is 0.834. The lowest BCUT2D eigenvalue weighted by Gasteiger charge is -2.26. The van der Waals surface area contributed by atoms with Gasteiger partial charge in [-0.2, -0.15) is 0 Å². The zero-order chi connectivity index (χ0) is 21.0. The van der Waals surface area contributed by atoms with E-state index in [4.69, 9.17) is 4.74 Å². The number of ether oxygens (including phenoxy) is 1. The first kappa shape index (κ1) is 20.9. The molecular weight excluding hydrogens is 368 g/mol. The van der Waals surface area contributed by atoms with Gasteiger partial charge in [0.25, 0.3) is 0 Å². The maximum absolute atomic E-state index is 13.1. The zero-order valence-electron chi connectivity index (χ0n) is 17.1. The van der Waals surface area contributed by atoms with Gasteiger partial charge < -0.3 is 9.84 Å². The first-order chi connectivity index (χ1) is 13.8. The SMILES string of the molecule is CC(C)(C)OC(=O)N1C(=O)N(CCc2ccccc2)C(O)[C@@H]1Cc1ccccc1. The number of hydrogen-bond donors (Lipinski definition) is 1. The molecule has 0 saturated carbocycles. The van der Waals surface area contributed by atoms with Crippen molar-refractivity contribution in [2.75, 3.05) is 6.54 Å². The Bertz CT molecular complexity index is 833. The number of carbonyl (C=O) groups excluding carboxylic acids is 2. The fraction of sp³-hybridized carbons (Fsp3) is 0.391. The molecule has 0 radical (unpaired) electrons. The van der Waals surface area contributed by atoms with Gasteiger partial charge in [-0.25, -0.2) is 14.5 Å². The molecule has 154 valence electrons. The summed E-state index contributed by atoms with van der Waals surface area (Å²) in [5.41, 5.74) is 1.25. The number of carbonyl (C=O) groups is 2. The van der Waals surface area contributed by atoms with Crippen molar-refractivity contribution in [2.24, 2.45) is 0 Å². The lowest BCUT2D eigenvalue weighted by atomic mass is 10.0. The van der Waals surface area contributed by atoms with E-state index in [1.165, 1.54) is 4.90 Å². The molecule has 6 heteroatoms. The van der Waals surface area contributed by atoms with Crippen LogP contribution in [-0.2, 0) is 17.6 Å². The number of urea groups is 1. The second kappa shape index (κ2) is 8.66. The van der Waals surface area contributed by atoms with Crippen molar-refractivity contribution in [3.63, 3.8) is 0 Å². The molecule has 2 atom stereocenters. The van der Waals surface area contributed by atoms with Crippen molar-refractivity contribution in [3.05, 3.63) is 71.8 Å². The highest BCUT2D eigenvalue weighted by Crippen LogP contribution is 2.27. The minimum Gasteiger partial charge on any atom is -0.443 e. The number of aliphatic hydroxyl groups excluding tert-OH is 1. The summed E-state index contributed by atoms with van der Waals surface area (Å²) in [6, 6.07) is 18.0. The summed E-state index contributed by atoms with van der Waals surface area (Å²) in [7, 11) is 0. The highest BCUT2D eigenvalue weighted by molar-refractivity contribution is 5.93. The largest absolute Gasteiger partial charge is 0.443 e. The Balaban J connectivity index is 1.81. The summed E-state index contributed by atoms with van der Waals surface area (Å²) in [5, 5.41) is 10.9. The van der Waals surface area contributed by atoms with Crippen molar-refractivity contribution in [3.8, 4) is 0 Å². The number of rotatable bonds is 5. The van der Waals surface area contributed by atoms with E-state index in [2.05, 4.69) is 0 Å². The van der Waals surface area contributed by atoms with Gasteiger partial charge >= 0.3 is 12.1 Å². The minimum atomic E-state index is -1.10. The van der Waals surface area contributed by atoms with Gasteiger partial charge in [-0.3, -0.25) is 4.90 Å². The van der Waals surface area contributed by atoms with E-state index < -0.39 is 30.0 Å². The topological polar surface area (TPSA) is 70.1 Å². The van der Waals surface area contributed by atoms with Gasteiger partial charge in [0.15, 0.2) is 6.23 Å². The Morgan fingerprint density at radius 3 is 2.10 bits per heavy atom. The van der Waals surface area contributed by atoms with Crippen LogP contribution in [0.25, 0.3) is 0 Å². The van der Waals surface area contributed by atoms with E-state index >= 15 is 0 Å². The Labute approximate surface area is 171 Å². The summed E-state index contributed by atoms with van der Waals surface area (Å²) < 4.78 is 5.45. The van der Waals surface area contributed by atoms with Gasteiger partial charge in [0, 0.05) is 6.54 Å². The lowest BCUT2D eigenvalue weighted by molar-refractivity contribution is 0.0113. The first-order valence-corrected chi connectivity index (χ1v) is 9.85. The average Bonchev–Trinajstić information content (AvgIpc) is 2.90. The molecule has 29 heavy (non-hydrogen) atoms. The van der Waals surface area contributed by atoms with Crippen molar-refractivity contribution >= 4 is 12.1 Å². The molecule has 0 aromatic heterocycles. The Morgan fingerprint density at radius 1 is 1.00 bits per heavy atom.